The average molecular weight is 471 g/mol. The van der Waals surface area contributed by atoms with Crippen LogP contribution in [0.1, 0.15) is 49.3 Å². The van der Waals surface area contributed by atoms with Gasteiger partial charge in [0.25, 0.3) is 0 Å². The van der Waals surface area contributed by atoms with E-state index in [9.17, 15) is 9.90 Å². The van der Waals surface area contributed by atoms with Crippen LogP contribution in [-0.4, -0.2) is 42.6 Å². The summed E-state index contributed by atoms with van der Waals surface area (Å²) in [5.41, 5.74) is 2.82. The quantitative estimate of drug-likeness (QED) is 0.369. The minimum Gasteiger partial charge on any atom is -0.497 e. The van der Waals surface area contributed by atoms with Gasteiger partial charge in [-0.3, -0.25) is 0 Å². The van der Waals surface area contributed by atoms with Crippen LogP contribution in [-0.2, 0) is 19.6 Å². The fourth-order valence-electron chi connectivity index (χ4n) is 4.16. The molecule has 1 aromatic heterocycles. The summed E-state index contributed by atoms with van der Waals surface area (Å²) in [7, 11) is 1.60. The fourth-order valence-corrected chi connectivity index (χ4v) is 4.16. The molecule has 0 aliphatic heterocycles. The number of aromatic carboxylic acids is 1. The summed E-state index contributed by atoms with van der Waals surface area (Å²) in [5, 5.41) is 14.3. The predicted octanol–water partition coefficient (Wildman–Crippen LogP) is 4.85. The number of carboxylic acids is 1. The van der Waals surface area contributed by atoms with Crippen molar-refractivity contribution in [2.75, 3.05) is 26.9 Å². The van der Waals surface area contributed by atoms with E-state index in [2.05, 4.69) is 5.32 Å². The van der Waals surface area contributed by atoms with Gasteiger partial charge in [0, 0.05) is 36.7 Å². The highest BCUT2D eigenvalue weighted by molar-refractivity contribution is 5.98. The van der Waals surface area contributed by atoms with E-state index in [0.29, 0.717) is 62.5 Å². The maximum Gasteiger partial charge on any atom is 0.352 e. The molecular weight excluding hydrogens is 436 g/mol. The van der Waals surface area contributed by atoms with Crippen molar-refractivity contribution < 1.29 is 28.8 Å². The van der Waals surface area contributed by atoms with Crippen molar-refractivity contribution in [2.24, 2.45) is 0 Å². The number of nitrogens with one attached hydrogen (secondary N) is 1. The number of ether oxygens (including phenoxy) is 4. The van der Waals surface area contributed by atoms with Crippen LogP contribution in [0.5, 0.6) is 23.0 Å². The molecule has 0 unspecified atom stereocenters. The first-order valence-electron chi connectivity index (χ1n) is 11.7. The molecule has 0 aliphatic rings. The summed E-state index contributed by atoms with van der Waals surface area (Å²) in [5.74, 6) is 1.61. The minimum atomic E-state index is -0.952. The maximum atomic E-state index is 12.2. The van der Waals surface area contributed by atoms with Crippen LogP contribution >= 0.6 is 0 Å². The predicted molar refractivity (Wildman–Crippen MR) is 132 cm³/mol. The Bertz CT molecular complexity index is 1110. The molecule has 0 saturated carbocycles. The first-order valence-corrected chi connectivity index (χ1v) is 11.7. The van der Waals surface area contributed by atoms with Gasteiger partial charge < -0.3 is 33.9 Å². The van der Waals surface area contributed by atoms with Crippen LogP contribution in [0.4, 0.5) is 0 Å². The van der Waals surface area contributed by atoms with Gasteiger partial charge in [-0.25, -0.2) is 4.79 Å². The van der Waals surface area contributed by atoms with Crippen molar-refractivity contribution >= 4 is 16.9 Å². The van der Waals surface area contributed by atoms with Gasteiger partial charge in [-0.15, -0.1) is 0 Å². The Morgan fingerprint density at radius 1 is 0.941 bits per heavy atom. The molecular formula is C26H34N2O6. The molecule has 8 nitrogen and oxygen atoms in total. The van der Waals surface area contributed by atoms with E-state index in [1.165, 1.54) is 0 Å². The van der Waals surface area contributed by atoms with E-state index < -0.39 is 5.97 Å². The van der Waals surface area contributed by atoms with Gasteiger partial charge >= 0.3 is 5.97 Å². The zero-order valence-electron chi connectivity index (χ0n) is 20.6. The van der Waals surface area contributed by atoms with E-state index in [4.69, 9.17) is 18.9 Å². The van der Waals surface area contributed by atoms with Crippen molar-refractivity contribution in [3.63, 3.8) is 0 Å². The summed E-state index contributed by atoms with van der Waals surface area (Å²) < 4.78 is 24.5. The molecule has 0 bridgehead atoms. The van der Waals surface area contributed by atoms with Crippen LogP contribution in [0.15, 0.2) is 30.3 Å². The Morgan fingerprint density at radius 2 is 1.59 bits per heavy atom. The highest BCUT2D eigenvalue weighted by Gasteiger charge is 2.22. The van der Waals surface area contributed by atoms with E-state index >= 15 is 0 Å². The normalized spacial score (nSPS) is 11.0. The van der Waals surface area contributed by atoms with Crippen LogP contribution < -0.4 is 24.3 Å². The van der Waals surface area contributed by atoms with E-state index in [-0.39, 0.29) is 5.69 Å². The Hall–Kier alpha value is -3.39. The molecule has 3 aromatic rings. The molecule has 0 radical (unpaired) electrons. The number of benzene rings is 2. The number of carboxylic acid groups (broad SMARTS) is 1. The number of carbonyl (C=O) groups is 1. The lowest BCUT2D eigenvalue weighted by Gasteiger charge is -2.17. The molecule has 184 valence electrons. The molecule has 34 heavy (non-hydrogen) atoms. The van der Waals surface area contributed by atoms with Crippen molar-refractivity contribution in [1.82, 2.24) is 9.88 Å². The first-order chi connectivity index (χ1) is 16.5. The number of nitrogens with zero attached hydrogens (tertiary/aromatic N) is 1. The fraction of sp³-hybridized carbons (Fsp3) is 0.423. The van der Waals surface area contributed by atoms with Gasteiger partial charge in [0.2, 0.25) is 5.75 Å². The number of rotatable bonds is 13. The van der Waals surface area contributed by atoms with E-state index in [0.717, 1.165) is 22.0 Å². The van der Waals surface area contributed by atoms with Crippen LogP contribution in [0.3, 0.4) is 0 Å². The number of methoxy groups -OCH3 is 1. The number of hydrogen-bond donors (Lipinski definition) is 2. The largest absolute Gasteiger partial charge is 0.497 e. The molecule has 0 aliphatic carbocycles. The third kappa shape index (κ3) is 5.22. The molecule has 0 saturated heterocycles. The highest BCUT2D eigenvalue weighted by atomic mass is 16.5. The van der Waals surface area contributed by atoms with Crippen molar-refractivity contribution in [3.8, 4) is 23.0 Å². The first kappa shape index (κ1) is 25.2. The van der Waals surface area contributed by atoms with Crippen molar-refractivity contribution in [1.29, 1.82) is 0 Å². The molecule has 0 amide bonds. The minimum absolute atomic E-state index is 0.287. The van der Waals surface area contributed by atoms with Crippen LogP contribution in [0.25, 0.3) is 10.9 Å². The average Bonchev–Trinajstić information content (AvgIpc) is 3.14. The lowest BCUT2D eigenvalue weighted by atomic mass is 10.1. The van der Waals surface area contributed by atoms with Gasteiger partial charge in [0.15, 0.2) is 11.5 Å². The standard InChI is InChI=1S/C26H34N2O6/c1-6-28-21-14-18(31-5)10-11-19(21)20(24(28)26(29)30)16-27-15-17-12-22(32-7-2)25(34-9-4)23(13-17)33-8-3/h10-14,27H,6-9,15-16H2,1-5H3,(H,29,30). The van der Waals surface area contributed by atoms with Gasteiger partial charge in [-0.1, -0.05) is 0 Å². The van der Waals surface area contributed by atoms with E-state index in [1.807, 2.05) is 62.6 Å². The van der Waals surface area contributed by atoms with Crippen molar-refractivity contribution in [2.45, 2.75) is 47.3 Å². The van der Waals surface area contributed by atoms with Gasteiger partial charge in [0.05, 0.1) is 32.4 Å². The smallest absolute Gasteiger partial charge is 0.352 e. The SMILES string of the molecule is CCOc1cc(CNCc2c(C(=O)O)n(CC)c3cc(OC)ccc23)cc(OCC)c1OCC. The number of aryl methyl sites for hydroxylation is 1. The third-order valence-corrected chi connectivity index (χ3v) is 5.50. The molecule has 2 N–H and O–H groups in total. The monoisotopic (exact) mass is 470 g/mol. The van der Waals surface area contributed by atoms with Gasteiger partial charge in [0.1, 0.15) is 11.4 Å². The Balaban J connectivity index is 1.92. The summed E-state index contributed by atoms with van der Waals surface area (Å²) in [4.78, 5) is 12.2. The lowest BCUT2D eigenvalue weighted by molar-refractivity contribution is 0.0684. The van der Waals surface area contributed by atoms with Gasteiger partial charge in [-0.2, -0.15) is 0 Å². The third-order valence-electron chi connectivity index (χ3n) is 5.50. The van der Waals surface area contributed by atoms with Crippen LogP contribution in [0, 0.1) is 0 Å². The highest BCUT2D eigenvalue weighted by Crippen LogP contribution is 2.39. The van der Waals surface area contributed by atoms with Crippen LogP contribution in [0.2, 0.25) is 0 Å². The zero-order valence-corrected chi connectivity index (χ0v) is 20.6. The summed E-state index contributed by atoms with van der Waals surface area (Å²) in [6.07, 6.45) is 0. The molecule has 0 spiro atoms. The maximum absolute atomic E-state index is 12.2. The number of aromatic nitrogens is 1. The Kier molecular flexibility index (Phi) is 8.65. The topological polar surface area (TPSA) is 91.2 Å². The molecule has 0 atom stereocenters. The lowest BCUT2D eigenvalue weighted by Crippen LogP contribution is -2.17. The number of hydrogen-bond acceptors (Lipinski definition) is 6. The second-order valence-corrected chi connectivity index (χ2v) is 7.58. The zero-order chi connectivity index (χ0) is 24.7. The van der Waals surface area contributed by atoms with E-state index in [1.54, 1.807) is 7.11 Å². The molecule has 2 aromatic carbocycles. The molecule has 8 heteroatoms. The summed E-state index contributed by atoms with van der Waals surface area (Å²) in [6.45, 7) is 10.6. The van der Waals surface area contributed by atoms with Crippen molar-refractivity contribution in [3.05, 3.63) is 47.2 Å². The summed E-state index contributed by atoms with van der Waals surface area (Å²) in [6, 6.07) is 9.52. The Morgan fingerprint density at radius 3 is 2.12 bits per heavy atom. The number of fused-ring (bicyclic) bond motifs is 1. The Labute approximate surface area is 200 Å². The van der Waals surface area contributed by atoms with Gasteiger partial charge in [-0.05, 0) is 57.5 Å². The molecule has 3 rings (SSSR count). The molecule has 1 heterocycles. The second-order valence-electron chi connectivity index (χ2n) is 7.58. The second kappa shape index (κ2) is 11.7. The molecule has 0 fully saturated rings. The summed E-state index contributed by atoms with van der Waals surface area (Å²) >= 11 is 0.